The Morgan fingerprint density at radius 1 is 1.20 bits per heavy atom. The van der Waals surface area contributed by atoms with Crippen LogP contribution in [0.25, 0.3) is 0 Å². The Morgan fingerprint density at radius 3 is 2.35 bits per heavy atom. The van der Waals surface area contributed by atoms with Crippen LogP contribution in [-0.2, 0) is 10.0 Å². The highest BCUT2D eigenvalue weighted by atomic mass is 32.2. The summed E-state index contributed by atoms with van der Waals surface area (Å²) in [5.74, 6) is 0.621. The monoisotopic (exact) mass is 293 g/mol. The topological polar surface area (TPSA) is 37.4 Å². The molecule has 0 aliphatic carbocycles. The van der Waals surface area contributed by atoms with E-state index in [-0.39, 0.29) is 0 Å². The lowest BCUT2D eigenvalue weighted by molar-refractivity contribution is 0.275. The van der Waals surface area contributed by atoms with Crippen molar-refractivity contribution in [2.24, 2.45) is 5.92 Å². The van der Waals surface area contributed by atoms with Crippen LogP contribution in [0.1, 0.15) is 31.7 Å². The first-order chi connectivity index (χ1) is 9.54. The first kappa shape index (κ1) is 15.3. The van der Waals surface area contributed by atoms with Gasteiger partial charge in [-0.15, -0.1) is 0 Å². The van der Waals surface area contributed by atoms with E-state index in [2.05, 4.69) is 12.2 Å². The molecule has 1 aromatic rings. The molecule has 20 heavy (non-hydrogen) atoms. The molecule has 1 aliphatic heterocycles. The summed E-state index contributed by atoms with van der Waals surface area (Å²) in [6, 6.07) is 7.12. The second-order valence-corrected chi connectivity index (χ2v) is 7.40. The molecule has 110 valence electrons. The smallest absolute Gasteiger partial charge is 0.207 e. The molecule has 0 N–H and O–H groups in total. The van der Waals surface area contributed by atoms with E-state index < -0.39 is 10.0 Å². The van der Waals surface area contributed by atoms with Crippen LogP contribution in [0, 0.1) is 12.8 Å². The van der Waals surface area contributed by atoms with Gasteiger partial charge in [-0.1, -0.05) is 29.8 Å². The summed E-state index contributed by atoms with van der Waals surface area (Å²) in [7, 11) is -3.31. The number of allylic oxidation sites excluding steroid dienone is 2. The standard InChI is InChI=1S/C16H23NO2S/c1-3-4-5-15-10-12-17(13-11-15)20(18,19)16-8-6-14(2)7-9-16/h3-4,6-9,15H,5,10-13H2,1-2H3/b4-3+. The van der Waals surface area contributed by atoms with E-state index in [0.29, 0.717) is 23.9 Å². The number of hydrogen-bond acceptors (Lipinski definition) is 2. The molecule has 0 atom stereocenters. The van der Waals surface area contributed by atoms with Gasteiger partial charge in [0, 0.05) is 13.1 Å². The quantitative estimate of drug-likeness (QED) is 0.798. The summed E-state index contributed by atoms with van der Waals surface area (Å²) in [4.78, 5) is 0.412. The lowest BCUT2D eigenvalue weighted by Crippen LogP contribution is -2.38. The van der Waals surface area contributed by atoms with Crippen molar-refractivity contribution in [3.05, 3.63) is 42.0 Å². The van der Waals surface area contributed by atoms with Crippen molar-refractivity contribution in [3.8, 4) is 0 Å². The van der Waals surface area contributed by atoms with Crippen LogP contribution in [0.5, 0.6) is 0 Å². The van der Waals surface area contributed by atoms with Gasteiger partial charge in [-0.25, -0.2) is 8.42 Å². The fourth-order valence-electron chi connectivity index (χ4n) is 2.57. The third-order valence-electron chi connectivity index (χ3n) is 3.94. The van der Waals surface area contributed by atoms with Gasteiger partial charge in [-0.3, -0.25) is 0 Å². The first-order valence-electron chi connectivity index (χ1n) is 7.22. The Kier molecular flexibility index (Phi) is 5.00. The maximum atomic E-state index is 12.5. The second kappa shape index (κ2) is 6.55. The Balaban J connectivity index is 2.03. The minimum atomic E-state index is -3.31. The van der Waals surface area contributed by atoms with Crippen molar-refractivity contribution >= 4 is 10.0 Å². The van der Waals surface area contributed by atoms with Crippen molar-refractivity contribution in [2.45, 2.75) is 38.0 Å². The molecule has 0 saturated carbocycles. The van der Waals surface area contributed by atoms with Gasteiger partial charge in [0.05, 0.1) is 4.90 Å². The minimum Gasteiger partial charge on any atom is -0.207 e. The van der Waals surface area contributed by atoms with Crippen LogP contribution in [0.15, 0.2) is 41.3 Å². The van der Waals surface area contributed by atoms with Crippen molar-refractivity contribution in [1.82, 2.24) is 4.31 Å². The number of piperidine rings is 1. The normalized spacial score (nSPS) is 18.7. The van der Waals surface area contributed by atoms with Crippen LogP contribution >= 0.6 is 0 Å². The molecule has 1 aliphatic rings. The van der Waals surface area contributed by atoms with E-state index in [0.717, 1.165) is 24.8 Å². The third-order valence-corrected chi connectivity index (χ3v) is 5.85. The number of benzene rings is 1. The molecule has 0 bridgehead atoms. The number of sulfonamides is 1. The largest absolute Gasteiger partial charge is 0.243 e. The lowest BCUT2D eigenvalue weighted by atomic mass is 9.94. The van der Waals surface area contributed by atoms with Gasteiger partial charge in [0.15, 0.2) is 0 Å². The Labute approximate surface area is 122 Å². The molecule has 1 aromatic carbocycles. The molecule has 1 heterocycles. The number of hydrogen-bond donors (Lipinski definition) is 0. The predicted octanol–water partition coefficient (Wildman–Crippen LogP) is 3.36. The fourth-order valence-corrected chi connectivity index (χ4v) is 4.04. The molecule has 2 rings (SSSR count). The molecule has 1 saturated heterocycles. The average molecular weight is 293 g/mol. The van der Waals surface area contributed by atoms with Crippen molar-refractivity contribution in [3.63, 3.8) is 0 Å². The molecule has 0 aromatic heterocycles. The third kappa shape index (κ3) is 3.49. The highest BCUT2D eigenvalue weighted by Gasteiger charge is 2.28. The maximum Gasteiger partial charge on any atom is 0.243 e. The zero-order valence-electron chi connectivity index (χ0n) is 12.2. The van der Waals surface area contributed by atoms with Gasteiger partial charge in [-0.05, 0) is 51.2 Å². The van der Waals surface area contributed by atoms with E-state index in [4.69, 9.17) is 0 Å². The second-order valence-electron chi connectivity index (χ2n) is 5.47. The van der Waals surface area contributed by atoms with Crippen LogP contribution in [0.4, 0.5) is 0 Å². The molecule has 0 spiro atoms. The van der Waals surface area contributed by atoms with Gasteiger partial charge in [0.1, 0.15) is 0 Å². The highest BCUT2D eigenvalue weighted by molar-refractivity contribution is 7.89. The number of nitrogens with zero attached hydrogens (tertiary/aromatic N) is 1. The molecule has 3 nitrogen and oxygen atoms in total. The maximum absolute atomic E-state index is 12.5. The van der Waals surface area contributed by atoms with Crippen molar-refractivity contribution in [1.29, 1.82) is 0 Å². The van der Waals surface area contributed by atoms with E-state index in [9.17, 15) is 8.42 Å². The van der Waals surface area contributed by atoms with Gasteiger partial charge < -0.3 is 0 Å². The fraction of sp³-hybridized carbons (Fsp3) is 0.500. The molecule has 0 radical (unpaired) electrons. The van der Waals surface area contributed by atoms with Crippen LogP contribution in [0.2, 0.25) is 0 Å². The summed E-state index contributed by atoms with van der Waals surface area (Å²) in [6.45, 7) is 5.26. The molecule has 4 heteroatoms. The molecular weight excluding hydrogens is 270 g/mol. The molecule has 1 fully saturated rings. The summed E-state index contributed by atoms with van der Waals surface area (Å²) in [6.07, 6.45) is 7.21. The van der Waals surface area contributed by atoms with E-state index in [1.54, 1.807) is 16.4 Å². The Bertz CT molecular complexity index is 553. The summed E-state index contributed by atoms with van der Waals surface area (Å²) >= 11 is 0. The van der Waals surface area contributed by atoms with Gasteiger partial charge in [-0.2, -0.15) is 4.31 Å². The molecule has 0 amide bonds. The van der Waals surface area contributed by atoms with Crippen molar-refractivity contribution < 1.29 is 8.42 Å². The zero-order chi connectivity index (χ0) is 14.6. The Hall–Kier alpha value is -1.13. The van der Waals surface area contributed by atoms with E-state index in [1.165, 1.54) is 0 Å². The molecular formula is C16H23NO2S. The van der Waals surface area contributed by atoms with Crippen molar-refractivity contribution in [2.75, 3.05) is 13.1 Å². The lowest BCUT2D eigenvalue weighted by Gasteiger charge is -2.30. The van der Waals surface area contributed by atoms with Crippen LogP contribution in [0.3, 0.4) is 0 Å². The minimum absolute atomic E-state index is 0.412. The van der Waals surface area contributed by atoms with Crippen LogP contribution < -0.4 is 0 Å². The zero-order valence-corrected chi connectivity index (χ0v) is 13.1. The number of aryl methyl sites for hydroxylation is 1. The van der Waals surface area contributed by atoms with E-state index >= 15 is 0 Å². The summed E-state index contributed by atoms with van der Waals surface area (Å²) in [5, 5.41) is 0. The highest BCUT2D eigenvalue weighted by Crippen LogP contribution is 2.25. The van der Waals surface area contributed by atoms with Gasteiger partial charge >= 0.3 is 0 Å². The van der Waals surface area contributed by atoms with E-state index in [1.807, 2.05) is 26.0 Å². The number of rotatable bonds is 4. The SMILES string of the molecule is C/C=C/CC1CCN(S(=O)(=O)c2ccc(C)cc2)CC1. The summed E-state index contributed by atoms with van der Waals surface area (Å²) in [5.41, 5.74) is 1.08. The summed E-state index contributed by atoms with van der Waals surface area (Å²) < 4.78 is 26.7. The van der Waals surface area contributed by atoms with Gasteiger partial charge in [0.2, 0.25) is 10.0 Å². The predicted molar refractivity (Wildman–Crippen MR) is 82.1 cm³/mol. The van der Waals surface area contributed by atoms with Gasteiger partial charge in [0.25, 0.3) is 0 Å². The Morgan fingerprint density at radius 2 is 1.80 bits per heavy atom. The average Bonchev–Trinajstić information content (AvgIpc) is 2.46. The van der Waals surface area contributed by atoms with Crippen LogP contribution in [-0.4, -0.2) is 25.8 Å². The first-order valence-corrected chi connectivity index (χ1v) is 8.66. The molecule has 0 unspecified atom stereocenters.